The van der Waals surface area contributed by atoms with Gasteiger partial charge in [0, 0.05) is 16.0 Å². The Labute approximate surface area is 127 Å². The van der Waals surface area contributed by atoms with Crippen molar-refractivity contribution in [3.05, 3.63) is 46.0 Å². The van der Waals surface area contributed by atoms with E-state index in [9.17, 15) is 9.90 Å². The third kappa shape index (κ3) is 2.96. The molecule has 0 spiro atoms. The molecule has 2 rings (SSSR count). The molecular weight excluding hydrogens is 320 g/mol. The fourth-order valence-electron chi connectivity index (χ4n) is 2.72. The molecule has 2 atom stereocenters. The highest BCUT2D eigenvalue weighted by molar-refractivity contribution is 9.10. The molecule has 0 saturated carbocycles. The average Bonchev–Trinajstić information content (AvgIpc) is 2.89. The molecule has 0 heterocycles. The number of halogens is 1. The van der Waals surface area contributed by atoms with Crippen molar-refractivity contribution in [3.63, 3.8) is 0 Å². The van der Waals surface area contributed by atoms with Crippen LogP contribution in [0.5, 0.6) is 0 Å². The number of rotatable bonds is 4. The molecule has 0 amide bonds. The molecule has 1 N–H and O–H groups in total. The van der Waals surface area contributed by atoms with Crippen molar-refractivity contribution < 1.29 is 14.6 Å². The topological polar surface area (TPSA) is 46.5 Å². The van der Waals surface area contributed by atoms with E-state index in [-0.39, 0.29) is 11.9 Å². The van der Waals surface area contributed by atoms with Crippen molar-refractivity contribution in [2.75, 3.05) is 6.61 Å². The summed E-state index contributed by atoms with van der Waals surface area (Å²) in [4.78, 5) is 12.0. The maximum absolute atomic E-state index is 12.0. The van der Waals surface area contributed by atoms with E-state index in [0.29, 0.717) is 12.2 Å². The van der Waals surface area contributed by atoms with Gasteiger partial charge in [-0.3, -0.25) is 0 Å². The minimum atomic E-state index is -1.07. The van der Waals surface area contributed by atoms with Gasteiger partial charge in [-0.1, -0.05) is 34.1 Å². The summed E-state index contributed by atoms with van der Waals surface area (Å²) in [5.74, 6) is -0.532. The first kappa shape index (κ1) is 15.3. The van der Waals surface area contributed by atoms with Crippen LogP contribution in [0.3, 0.4) is 0 Å². The Morgan fingerprint density at radius 3 is 2.70 bits per heavy atom. The lowest BCUT2D eigenvalue weighted by Crippen LogP contribution is -2.34. The van der Waals surface area contributed by atoms with Gasteiger partial charge in [0.15, 0.2) is 0 Å². The molecular formula is C16H19BrO3. The van der Waals surface area contributed by atoms with Crippen molar-refractivity contribution in [1.82, 2.24) is 0 Å². The quantitative estimate of drug-likeness (QED) is 0.854. The second kappa shape index (κ2) is 6.10. The SMILES string of the molecule is CCOC(=O)C1=CCC[C@H]1[C@](C)(O)c1ccc(Br)cc1. The number of hydrogen-bond acceptors (Lipinski definition) is 3. The Morgan fingerprint density at radius 1 is 1.45 bits per heavy atom. The molecule has 0 aromatic heterocycles. The van der Waals surface area contributed by atoms with Crippen LogP contribution in [0.15, 0.2) is 40.4 Å². The second-order valence-corrected chi connectivity index (χ2v) is 6.08. The maximum Gasteiger partial charge on any atom is 0.334 e. The lowest BCUT2D eigenvalue weighted by molar-refractivity contribution is -0.140. The minimum Gasteiger partial charge on any atom is -0.463 e. The number of carbonyl (C=O) groups is 1. The van der Waals surface area contributed by atoms with E-state index in [1.165, 1.54) is 0 Å². The predicted octanol–water partition coefficient (Wildman–Crippen LogP) is 3.56. The zero-order valence-electron chi connectivity index (χ0n) is 11.7. The van der Waals surface area contributed by atoms with Gasteiger partial charge in [-0.05, 0) is 44.4 Å². The van der Waals surface area contributed by atoms with E-state index in [2.05, 4.69) is 15.9 Å². The summed E-state index contributed by atoms with van der Waals surface area (Å²) in [6.07, 6.45) is 3.44. The van der Waals surface area contributed by atoms with Gasteiger partial charge < -0.3 is 9.84 Å². The molecule has 0 bridgehead atoms. The summed E-state index contributed by atoms with van der Waals surface area (Å²) in [6, 6.07) is 7.55. The summed E-state index contributed by atoms with van der Waals surface area (Å²) < 4.78 is 6.04. The predicted molar refractivity (Wildman–Crippen MR) is 81.2 cm³/mol. The largest absolute Gasteiger partial charge is 0.463 e. The van der Waals surface area contributed by atoms with Crippen LogP contribution >= 0.6 is 15.9 Å². The molecule has 1 aliphatic rings. The summed E-state index contributed by atoms with van der Waals surface area (Å²) in [6.45, 7) is 3.90. The van der Waals surface area contributed by atoms with Crippen molar-refractivity contribution in [1.29, 1.82) is 0 Å². The van der Waals surface area contributed by atoms with Gasteiger partial charge in [0.25, 0.3) is 0 Å². The van der Waals surface area contributed by atoms with Crippen LogP contribution in [0.25, 0.3) is 0 Å². The number of ether oxygens (including phenoxy) is 1. The number of aliphatic hydroxyl groups is 1. The Bertz CT molecular complexity index is 517. The first-order valence-corrected chi connectivity index (χ1v) is 7.61. The number of hydrogen-bond donors (Lipinski definition) is 1. The van der Waals surface area contributed by atoms with Crippen LogP contribution in [0.1, 0.15) is 32.3 Å². The van der Waals surface area contributed by atoms with Crippen LogP contribution < -0.4 is 0 Å². The Kier molecular flexibility index (Phi) is 4.66. The van der Waals surface area contributed by atoms with Crippen LogP contribution in [-0.2, 0) is 15.1 Å². The number of allylic oxidation sites excluding steroid dienone is 1. The molecule has 108 valence electrons. The Morgan fingerprint density at radius 2 is 2.10 bits per heavy atom. The normalized spacial score (nSPS) is 21.2. The van der Waals surface area contributed by atoms with Gasteiger partial charge in [-0.2, -0.15) is 0 Å². The van der Waals surface area contributed by atoms with Crippen LogP contribution in [0.4, 0.5) is 0 Å². The van der Waals surface area contributed by atoms with Crippen LogP contribution in [-0.4, -0.2) is 17.7 Å². The number of carbonyl (C=O) groups excluding carboxylic acids is 1. The maximum atomic E-state index is 12.0. The molecule has 1 aliphatic carbocycles. The van der Waals surface area contributed by atoms with Gasteiger partial charge in [0.1, 0.15) is 0 Å². The van der Waals surface area contributed by atoms with Crippen molar-refractivity contribution in [2.24, 2.45) is 5.92 Å². The fourth-order valence-corrected chi connectivity index (χ4v) is 2.98. The zero-order chi connectivity index (χ0) is 14.8. The summed E-state index contributed by atoms with van der Waals surface area (Å²) in [5, 5.41) is 10.9. The molecule has 0 aliphatic heterocycles. The highest BCUT2D eigenvalue weighted by Gasteiger charge is 2.40. The van der Waals surface area contributed by atoms with Crippen molar-refractivity contribution >= 4 is 21.9 Å². The highest BCUT2D eigenvalue weighted by Crippen LogP contribution is 2.41. The molecule has 0 saturated heterocycles. The summed E-state index contributed by atoms with van der Waals surface area (Å²) >= 11 is 3.38. The molecule has 3 nitrogen and oxygen atoms in total. The Hall–Kier alpha value is -1.13. The van der Waals surface area contributed by atoms with Crippen molar-refractivity contribution in [2.45, 2.75) is 32.3 Å². The first-order valence-electron chi connectivity index (χ1n) is 6.82. The van der Waals surface area contributed by atoms with Gasteiger partial charge in [-0.15, -0.1) is 0 Å². The molecule has 20 heavy (non-hydrogen) atoms. The molecule has 0 fully saturated rings. The smallest absolute Gasteiger partial charge is 0.334 e. The second-order valence-electron chi connectivity index (χ2n) is 5.16. The molecule has 0 radical (unpaired) electrons. The van der Waals surface area contributed by atoms with E-state index in [0.717, 1.165) is 22.9 Å². The van der Waals surface area contributed by atoms with Gasteiger partial charge in [0.05, 0.1) is 12.2 Å². The minimum absolute atomic E-state index is 0.220. The first-order chi connectivity index (χ1) is 9.46. The third-order valence-electron chi connectivity index (χ3n) is 3.81. The van der Waals surface area contributed by atoms with Crippen LogP contribution in [0.2, 0.25) is 0 Å². The Balaban J connectivity index is 2.27. The third-order valence-corrected chi connectivity index (χ3v) is 4.34. The number of esters is 1. The number of benzene rings is 1. The van der Waals surface area contributed by atoms with Gasteiger partial charge in [0.2, 0.25) is 0 Å². The van der Waals surface area contributed by atoms with E-state index < -0.39 is 5.60 Å². The molecule has 4 heteroatoms. The van der Waals surface area contributed by atoms with E-state index in [1.54, 1.807) is 13.8 Å². The van der Waals surface area contributed by atoms with E-state index in [4.69, 9.17) is 4.74 Å². The summed E-state index contributed by atoms with van der Waals surface area (Å²) in [7, 11) is 0. The van der Waals surface area contributed by atoms with Crippen molar-refractivity contribution in [3.8, 4) is 0 Å². The van der Waals surface area contributed by atoms with Gasteiger partial charge in [-0.25, -0.2) is 4.79 Å². The van der Waals surface area contributed by atoms with Gasteiger partial charge >= 0.3 is 5.97 Å². The average molecular weight is 339 g/mol. The fraction of sp³-hybridized carbons (Fsp3) is 0.438. The van der Waals surface area contributed by atoms with Crippen LogP contribution in [0, 0.1) is 5.92 Å². The molecule has 0 unspecified atom stereocenters. The molecule has 1 aromatic carbocycles. The highest BCUT2D eigenvalue weighted by atomic mass is 79.9. The summed E-state index contributed by atoms with van der Waals surface area (Å²) in [5.41, 5.74) is 0.332. The van der Waals surface area contributed by atoms with E-state index in [1.807, 2.05) is 30.3 Å². The standard InChI is InChI=1S/C16H19BrO3/c1-3-20-15(18)13-5-4-6-14(13)16(2,19)11-7-9-12(17)10-8-11/h5,7-10,14,19H,3-4,6H2,1-2H3/t14-,16-/m1/s1. The zero-order valence-corrected chi connectivity index (χ0v) is 13.3. The monoisotopic (exact) mass is 338 g/mol. The lowest BCUT2D eigenvalue weighted by atomic mass is 9.79. The molecule has 1 aromatic rings. The lowest BCUT2D eigenvalue weighted by Gasteiger charge is -2.32. The van der Waals surface area contributed by atoms with E-state index >= 15 is 0 Å².